The van der Waals surface area contributed by atoms with Gasteiger partial charge in [-0.3, -0.25) is 0 Å². The van der Waals surface area contributed by atoms with Gasteiger partial charge < -0.3 is 10.7 Å². The third-order valence-corrected chi connectivity index (χ3v) is 6.04. The van der Waals surface area contributed by atoms with Gasteiger partial charge in [0.2, 0.25) is 9.84 Å². The van der Waals surface area contributed by atoms with Gasteiger partial charge in [-0.2, -0.15) is 0 Å². The number of sulfone groups is 1. The fraction of sp³-hybridized carbons (Fsp3) is 0.176. The van der Waals surface area contributed by atoms with Gasteiger partial charge in [-0.15, -0.1) is 0 Å². The second kappa shape index (κ2) is 4.88. The Hall–Kier alpha value is -2.27. The van der Waals surface area contributed by atoms with Gasteiger partial charge in [-0.05, 0) is 50.1 Å². The Morgan fingerprint density at radius 1 is 1.00 bits per heavy atom. The minimum Gasteiger partial charge on any atom is -0.399 e. The molecule has 3 rings (SSSR count). The highest BCUT2D eigenvalue weighted by Gasteiger charge is 2.26. The molecule has 0 aliphatic heterocycles. The van der Waals surface area contributed by atoms with Gasteiger partial charge in [0.25, 0.3) is 0 Å². The van der Waals surface area contributed by atoms with E-state index in [1.54, 1.807) is 26.0 Å². The molecule has 0 aliphatic carbocycles. The lowest BCUT2D eigenvalue weighted by atomic mass is 10.1. The summed E-state index contributed by atoms with van der Waals surface area (Å²) in [6.45, 7) is 5.37. The van der Waals surface area contributed by atoms with Crippen LogP contribution in [0.4, 0.5) is 5.69 Å². The van der Waals surface area contributed by atoms with Crippen molar-refractivity contribution in [3.05, 3.63) is 53.2 Å². The van der Waals surface area contributed by atoms with Crippen LogP contribution in [0.25, 0.3) is 10.9 Å². The number of nitrogens with two attached hydrogens (primary N) is 1. The third-order valence-electron chi connectivity index (χ3n) is 3.96. The molecule has 2 aromatic carbocycles. The topological polar surface area (TPSA) is 76.0 Å². The number of benzene rings is 2. The van der Waals surface area contributed by atoms with Crippen LogP contribution in [0, 0.1) is 20.8 Å². The molecule has 3 N–H and O–H groups in total. The molecule has 4 nitrogen and oxygen atoms in total. The molecule has 0 aliphatic rings. The third kappa shape index (κ3) is 2.09. The summed E-state index contributed by atoms with van der Waals surface area (Å²) in [6.07, 6.45) is 0. The van der Waals surface area contributed by atoms with E-state index in [1.165, 1.54) is 0 Å². The summed E-state index contributed by atoms with van der Waals surface area (Å²) in [4.78, 5) is 3.80. The van der Waals surface area contributed by atoms with Crippen LogP contribution < -0.4 is 5.73 Å². The van der Waals surface area contributed by atoms with Crippen LogP contribution in [-0.4, -0.2) is 13.4 Å². The molecule has 1 aromatic heterocycles. The van der Waals surface area contributed by atoms with Crippen LogP contribution >= 0.6 is 0 Å². The molecule has 0 saturated carbocycles. The van der Waals surface area contributed by atoms with Gasteiger partial charge in [0, 0.05) is 22.3 Å². The molecule has 5 heteroatoms. The van der Waals surface area contributed by atoms with Crippen molar-refractivity contribution in [1.82, 2.24) is 4.98 Å². The van der Waals surface area contributed by atoms with Gasteiger partial charge in [-0.25, -0.2) is 8.42 Å². The summed E-state index contributed by atoms with van der Waals surface area (Å²) < 4.78 is 26.3. The minimum atomic E-state index is -3.61. The first-order chi connectivity index (χ1) is 10.3. The first-order valence-corrected chi connectivity index (χ1v) is 8.50. The average Bonchev–Trinajstić information content (AvgIpc) is 2.79. The predicted octanol–water partition coefficient (Wildman–Crippen LogP) is 3.51. The van der Waals surface area contributed by atoms with E-state index in [0.717, 1.165) is 11.1 Å². The Bertz CT molecular complexity index is 985. The number of hydrogen-bond acceptors (Lipinski definition) is 3. The van der Waals surface area contributed by atoms with Crippen molar-refractivity contribution < 1.29 is 8.42 Å². The monoisotopic (exact) mass is 314 g/mol. The number of H-pyrrole nitrogens is 1. The zero-order chi connectivity index (χ0) is 16.1. The van der Waals surface area contributed by atoms with Crippen LogP contribution in [0.1, 0.15) is 16.8 Å². The lowest BCUT2D eigenvalue weighted by Gasteiger charge is -2.11. The molecular formula is C17H18N2O2S. The lowest BCUT2D eigenvalue weighted by Crippen LogP contribution is -2.07. The number of nitrogen functional groups attached to an aromatic ring is 1. The van der Waals surface area contributed by atoms with Crippen LogP contribution in [-0.2, 0) is 9.84 Å². The fourth-order valence-corrected chi connectivity index (χ4v) is 4.76. The maximum absolute atomic E-state index is 13.2. The normalized spacial score (nSPS) is 12.0. The molecule has 0 radical (unpaired) electrons. The largest absolute Gasteiger partial charge is 0.399 e. The maximum Gasteiger partial charge on any atom is 0.209 e. The van der Waals surface area contributed by atoms with Crippen molar-refractivity contribution in [3.63, 3.8) is 0 Å². The number of aryl methyl sites for hydroxylation is 3. The first-order valence-electron chi connectivity index (χ1n) is 7.01. The molecule has 0 fully saturated rings. The number of hydrogen-bond donors (Lipinski definition) is 2. The Morgan fingerprint density at radius 3 is 2.41 bits per heavy atom. The molecule has 0 atom stereocenters. The Kier molecular flexibility index (Phi) is 3.25. The number of para-hydroxylation sites is 1. The van der Waals surface area contributed by atoms with Crippen molar-refractivity contribution in [1.29, 1.82) is 0 Å². The maximum atomic E-state index is 13.2. The molecule has 0 spiro atoms. The van der Waals surface area contributed by atoms with E-state index < -0.39 is 9.84 Å². The number of nitrogens with one attached hydrogen (secondary N) is 1. The second-order valence-corrected chi connectivity index (χ2v) is 7.46. The summed E-state index contributed by atoms with van der Waals surface area (Å²) in [5.74, 6) is 0. The van der Waals surface area contributed by atoms with Gasteiger partial charge in [0.05, 0.1) is 9.79 Å². The smallest absolute Gasteiger partial charge is 0.209 e. The van der Waals surface area contributed by atoms with E-state index in [-0.39, 0.29) is 0 Å². The number of fused-ring (bicyclic) bond motifs is 1. The van der Waals surface area contributed by atoms with Crippen molar-refractivity contribution in [2.24, 2.45) is 0 Å². The standard InChI is InChI=1S/C17H18N2O2S/c1-10-9-16(11(2)8-14(10)18)22(20,21)17-12(3)19-15-7-5-4-6-13(15)17/h4-9,19H,18H2,1-3H3. The van der Waals surface area contributed by atoms with E-state index in [1.807, 2.05) is 31.2 Å². The Labute approximate surface area is 129 Å². The van der Waals surface area contributed by atoms with E-state index in [0.29, 0.717) is 32.1 Å². The highest BCUT2D eigenvalue weighted by Crippen LogP contribution is 2.33. The van der Waals surface area contributed by atoms with E-state index >= 15 is 0 Å². The summed E-state index contributed by atoms with van der Waals surface area (Å²) in [6, 6.07) is 10.8. The number of aromatic amines is 1. The summed E-state index contributed by atoms with van der Waals surface area (Å²) >= 11 is 0. The van der Waals surface area contributed by atoms with Gasteiger partial charge in [0.15, 0.2) is 0 Å². The summed E-state index contributed by atoms with van der Waals surface area (Å²) in [5, 5.41) is 0.717. The van der Waals surface area contributed by atoms with Crippen molar-refractivity contribution >= 4 is 26.4 Å². The Morgan fingerprint density at radius 2 is 1.68 bits per heavy atom. The fourth-order valence-electron chi connectivity index (χ4n) is 2.81. The molecule has 114 valence electrons. The number of rotatable bonds is 2. The Balaban J connectivity index is 2.34. The van der Waals surface area contributed by atoms with Crippen LogP contribution in [0.3, 0.4) is 0 Å². The molecule has 0 saturated heterocycles. The molecule has 3 aromatic rings. The number of anilines is 1. The van der Waals surface area contributed by atoms with Crippen LogP contribution in [0.2, 0.25) is 0 Å². The van der Waals surface area contributed by atoms with Crippen molar-refractivity contribution in [2.75, 3.05) is 5.73 Å². The zero-order valence-electron chi connectivity index (χ0n) is 12.8. The molecular weight excluding hydrogens is 296 g/mol. The lowest BCUT2D eigenvalue weighted by molar-refractivity contribution is 0.595. The summed E-state index contributed by atoms with van der Waals surface area (Å²) in [7, 11) is -3.61. The first kappa shape index (κ1) is 14.7. The van der Waals surface area contributed by atoms with Crippen LogP contribution in [0.15, 0.2) is 46.2 Å². The average molecular weight is 314 g/mol. The SMILES string of the molecule is Cc1cc(S(=O)(=O)c2c(C)[nH]c3ccccc23)c(C)cc1N. The molecule has 22 heavy (non-hydrogen) atoms. The molecule has 0 bridgehead atoms. The highest BCUT2D eigenvalue weighted by molar-refractivity contribution is 7.91. The van der Waals surface area contributed by atoms with E-state index in [9.17, 15) is 8.42 Å². The predicted molar refractivity (Wildman–Crippen MR) is 88.8 cm³/mol. The number of aromatic nitrogens is 1. The van der Waals surface area contributed by atoms with E-state index in [4.69, 9.17) is 5.73 Å². The van der Waals surface area contributed by atoms with Gasteiger partial charge in [0.1, 0.15) is 0 Å². The second-order valence-electron chi connectivity index (χ2n) is 5.60. The zero-order valence-corrected chi connectivity index (χ0v) is 13.6. The van der Waals surface area contributed by atoms with Crippen LogP contribution in [0.5, 0.6) is 0 Å². The van der Waals surface area contributed by atoms with Crippen molar-refractivity contribution in [2.45, 2.75) is 30.6 Å². The highest BCUT2D eigenvalue weighted by atomic mass is 32.2. The molecule has 0 unspecified atom stereocenters. The van der Waals surface area contributed by atoms with Crippen molar-refractivity contribution in [3.8, 4) is 0 Å². The van der Waals surface area contributed by atoms with E-state index in [2.05, 4.69) is 4.98 Å². The van der Waals surface area contributed by atoms with Gasteiger partial charge in [-0.1, -0.05) is 18.2 Å². The molecule has 1 heterocycles. The van der Waals surface area contributed by atoms with Gasteiger partial charge >= 0.3 is 0 Å². The summed E-state index contributed by atoms with van der Waals surface area (Å²) in [5.41, 5.74) is 9.37. The molecule has 0 amide bonds. The quantitative estimate of drug-likeness (QED) is 0.711. The minimum absolute atomic E-state index is 0.312.